The van der Waals surface area contributed by atoms with Crippen LogP contribution in [-0.4, -0.2) is 54.2 Å². The molecule has 2 rings (SSSR count). The molecule has 1 spiro atoms. The number of hydrogen-bond donors (Lipinski definition) is 1. The van der Waals surface area contributed by atoms with Crippen molar-refractivity contribution in [3.8, 4) is 0 Å². The van der Waals surface area contributed by atoms with Gasteiger partial charge < -0.3 is 19.7 Å². The first-order valence-corrected chi connectivity index (χ1v) is 7.98. The summed E-state index contributed by atoms with van der Waals surface area (Å²) in [4.78, 5) is 37.9. The van der Waals surface area contributed by atoms with Gasteiger partial charge in [-0.1, -0.05) is 0 Å². The van der Waals surface area contributed by atoms with E-state index in [-0.39, 0.29) is 18.0 Å². The molecule has 0 aromatic heterocycles. The van der Waals surface area contributed by atoms with E-state index in [4.69, 9.17) is 9.47 Å². The van der Waals surface area contributed by atoms with Gasteiger partial charge in [-0.2, -0.15) is 0 Å². The molecule has 0 aliphatic carbocycles. The Morgan fingerprint density at radius 2 is 1.96 bits per heavy atom. The van der Waals surface area contributed by atoms with Crippen molar-refractivity contribution in [3.05, 3.63) is 11.1 Å². The molecular formula is C16H24N2O5. The molecule has 0 unspecified atom stereocenters. The minimum absolute atomic E-state index is 0.0322. The molecule has 7 heteroatoms. The summed E-state index contributed by atoms with van der Waals surface area (Å²) in [7, 11) is 0. The molecule has 7 nitrogen and oxygen atoms in total. The van der Waals surface area contributed by atoms with E-state index in [0.29, 0.717) is 43.7 Å². The van der Waals surface area contributed by atoms with Crippen LogP contribution in [0, 0.1) is 0 Å². The van der Waals surface area contributed by atoms with Crippen molar-refractivity contribution in [1.29, 1.82) is 0 Å². The summed E-state index contributed by atoms with van der Waals surface area (Å²) in [6.07, 6.45) is 0.423. The van der Waals surface area contributed by atoms with Crippen molar-refractivity contribution in [1.82, 2.24) is 10.2 Å². The highest BCUT2D eigenvalue weighted by atomic mass is 16.6. The third-order valence-electron chi connectivity index (χ3n) is 4.17. The zero-order valence-corrected chi connectivity index (χ0v) is 14.1. The van der Waals surface area contributed by atoms with Crippen LogP contribution in [0.5, 0.6) is 0 Å². The van der Waals surface area contributed by atoms with E-state index < -0.39 is 11.6 Å². The Kier molecular flexibility index (Phi) is 4.97. The maximum absolute atomic E-state index is 12.5. The fourth-order valence-electron chi connectivity index (χ4n) is 3.08. The summed E-state index contributed by atoms with van der Waals surface area (Å²) in [5, 5.41) is 2.83. The highest BCUT2D eigenvalue weighted by Crippen LogP contribution is 2.41. The molecule has 0 atom stereocenters. The van der Waals surface area contributed by atoms with Crippen LogP contribution in [0.4, 0.5) is 4.79 Å². The van der Waals surface area contributed by atoms with E-state index in [0.717, 1.165) is 0 Å². The van der Waals surface area contributed by atoms with Gasteiger partial charge in [0.05, 0.1) is 12.2 Å². The number of rotatable bonds is 3. The second kappa shape index (κ2) is 6.60. The standard InChI is InChI=1S/C16H24N2O5/c1-5-22-15(21)18-8-6-16(7-9-18)12(11(4)14(20)23-16)13(19)17-10(2)3/h10H,5-9H2,1-4H3,(H,17,19). The topological polar surface area (TPSA) is 84.9 Å². The fraction of sp³-hybridized carbons (Fsp3) is 0.688. The summed E-state index contributed by atoms with van der Waals surface area (Å²) in [5.41, 5.74) is -0.171. The third-order valence-corrected chi connectivity index (χ3v) is 4.17. The van der Waals surface area contributed by atoms with Gasteiger partial charge in [0.1, 0.15) is 5.60 Å². The number of hydrogen-bond acceptors (Lipinski definition) is 5. The summed E-state index contributed by atoms with van der Waals surface area (Å²) in [6.45, 7) is 8.18. The largest absolute Gasteiger partial charge is 0.450 e. The molecule has 0 aromatic carbocycles. The maximum Gasteiger partial charge on any atom is 0.409 e. The van der Waals surface area contributed by atoms with Gasteiger partial charge in [-0.3, -0.25) is 4.79 Å². The number of carbonyl (C=O) groups is 3. The van der Waals surface area contributed by atoms with Crippen molar-refractivity contribution in [3.63, 3.8) is 0 Å². The van der Waals surface area contributed by atoms with Gasteiger partial charge in [-0.25, -0.2) is 9.59 Å². The Morgan fingerprint density at radius 3 is 2.48 bits per heavy atom. The average Bonchev–Trinajstić information content (AvgIpc) is 2.70. The molecule has 2 heterocycles. The van der Waals surface area contributed by atoms with Crippen molar-refractivity contribution >= 4 is 18.0 Å². The number of piperidine rings is 1. The monoisotopic (exact) mass is 324 g/mol. The smallest absolute Gasteiger partial charge is 0.409 e. The lowest BCUT2D eigenvalue weighted by atomic mass is 9.82. The first-order chi connectivity index (χ1) is 10.8. The normalized spacial score (nSPS) is 20.0. The highest BCUT2D eigenvalue weighted by Gasteiger charge is 2.51. The van der Waals surface area contributed by atoms with E-state index in [1.807, 2.05) is 13.8 Å². The molecule has 1 fully saturated rings. The summed E-state index contributed by atoms with van der Waals surface area (Å²) < 4.78 is 10.5. The predicted molar refractivity (Wildman–Crippen MR) is 82.6 cm³/mol. The lowest BCUT2D eigenvalue weighted by molar-refractivity contribution is -0.150. The van der Waals surface area contributed by atoms with Gasteiger partial charge in [0.15, 0.2) is 0 Å². The molecule has 0 radical (unpaired) electrons. The Bertz CT molecular complexity index is 545. The lowest BCUT2D eigenvalue weighted by Crippen LogP contribution is -2.50. The number of nitrogens with one attached hydrogen (secondary N) is 1. The van der Waals surface area contributed by atoms with Gasteiger partial charge in [0.25, 0.3) is 5.91 Å². The van der Waals surface area contributed by atoms with Crippen LogP contribution in [0.1, 0.15) is 40.5 Å². The van der Waals surface area contributed by atoms with Gasteiger partial charge in [0.2, 0.25) is 0 Å². The minimum atomic E-state index is -0.927. The Labute approximate surface area is 136 Å². The zero-order valence-electron chi connectivity index (χ0n) is 14.1. The quantitative estimate of drug-likeness (QED) is 0.793. The maximum atomic E-state index is 12.5. The van der Waals surface area contributed by atoms with Gasteiger partial charge in [-0.05, 0) is 27.7 Å². The summed E-state index contributed by atoms with van der Waals surface area (Å²) in [5.74, 6) is -0.726. The first-order valence-electron chi connectivity index (χ1n) is 7.98. The molecule has 2 aliphatic heterocycles. The molecule has 2 aliphatic rings. The highest BCUT2D eigenvalue weighted by molar-refractivity contribution is 6.07. The predicted octanol–water partition coefficient (Wildman–Crippen LogP) is 1.38. The van der Waals surface area contributed by atoms with Crippen molar-refractivity contribution in [2.45, 2.75) is 52.2 Å². The Balaban J connectivity index is 2.17. The van der Waals surface area contributed by atoms with Crippen LogP contribution in [0.2, 0.25) is 0 Å². The molecule has 0 bridgehead atoms. The van der Waals surface area contributed by atoms with E-state index in [2.05, 4.69) is 5.32 Å². The van der Waals surface area contributed by atoms with E-state index in [1.165, 1.54) is 0 Å². The third kappa shape index (κ3) is 3.33. The molecule has 0 saturated carbocycles. The molecule has 2 amide bonds. The number of ether oxygens (including phenoxy) is 2. The average molecular weight is 324 g/mol. The summed E-state index contributed by atoms with van der Waals surface area (Å²) in [6, 6.07) is -0.0322. The van der Waals surface area contributed by atoms with Crippen LogP contribution in [0.25, 0.3) is 0 Å². The van der Waals surface area contributed by atoms with E-state index in [1.54, 1.807) is 18.7 Å². The van der Waals surface area contributed by atoms with E-state index in [9.17, 15) is 14.4 Å². The lowest BCUT2D eigenvalue weighted by Gasteiger charge is -2.38. The van der Waals surface area contributed by atoms with Crippen LogP contribution >= 0.6 is 0 Å². The van der Waals surface area contributed by atoms with Crippen molar-refractivity contribution in [2.75, 3.05) is 19.7 Å². The molecular weight excluding hydrogens is 300 g/mol. The number of esters is 1. The summed E-state index contributed by atoms with van der Waals surface area (Å²) >= 11 is 0. The van der Waals surface area contributed by atoms with Gasteiger partial charge >= 0.3 is 12.1 Å². The molecule has 23 heavy (non-hydrogen) atoms. The number of carbonyl (C=O) groups excluding carboxylic acids is 3. The van der Waals surface area contributed by atoms with Crippen molar-refractivity contribution in [2.24, 2.45) is 0 Å². The van der Waals surface area contributed by atoms with Crippen LogP contribution in [0.15, 0.2) is 11.1 Å². The van der Waals surface area contributed by atoms with E-state index >= 15 is 0 Å². The molecule has 1 N–H and O–H groups in total. The van der Waals surface area contributed by atoms with Crippen molar-refractivity contribution < 1.29 is 23.9 Å². The fourth-order valence-corrected chi connectivity index (χ4v) is 3.08. The number of amides is 2. The zero-order chi connectivity index (χ0) is 17.2. The van der Waals surface area contributed by atoms with Gasteiger partial charge in [0, 0.05) is 37.5 Å². The molecule has 128 valence electrons. The number of likely N-dealkylation sites (tertiary alicyclic amines) is 1. The minimum Gasteiger partial charge on any atom is -0.450 e. The first kappa shape index (κ1) is 17.3. The second-order valence-electron chi connectivity index (χ2n) is 6.20. The van der Waals surface area contributed by atoms with Crippen LogP contribution < -0.4 is 5.32 Å². The second-order valence-corrected chi connectivity index (χ2v) is 6.20. The van der Waals surface area contributed by atoms with Crippen LogP contribution in [0.3, 0.4) is 0 Å². The molecule has 0 aromatic rings. The number of nitrogens with zero attached hydrogens (tertiary/aromatic N) is 1. The Morgan fingerprint density at radius 1 is 1.35 bits per heavy atom. The van der Waals surface area contributed by atoms with Crippen LogP contribution in [-0.2, 0) is 19.1 Å². The molecule has 1 saturated heterocycles. The van der Waals surface area contributed by atoms with Gasteiger partial charge in [-0.15, -0.1) is 0 Å². The Hall–Kier alpha value is -2.05. The SMILES string of the molecule is CCOC(=O)N1CCC2(CC1)OC(=O)C(C)=C2C(=O)NC(C)C.